The highest BCUT2D eigenvalue weighted by molar-refractivity contribution is 6.00. The maximum atomic E-state index is 13.0. The summed E-state index contributed by atoms with van der Waals surface area (Å²) in [5.74, 6) is 0.227. The minimum absolute atomic E-state index is 0.0420. The van der Waals surface area contributed by atoms with Crippen LogP contribution in [0.1, 0.15) is 39.2 Å². The van der Waals surface area contributed by atoms with Crippen LogP contribution < -0.4 is 5.32 Å². The summed E-state index contributed by atoms with van der Waals surface area (Å²) in [6.45, 7) is 9.33. The van der Waals surface area contributed by atoms with Crippen LogP contribution in [-0.2, 0) is 9.59 Å². The Labute approximate surface area is 163 Å². The second-order valence-electron chi connectivity index (χ2n) is 7.72. The first-order valence-corrected chi connectivity index (χ1v) is 9.94. The Morgan fingerprint density at radius 1 is 1.11 bits per heavy atom. The average molecular weight is 372 g/mol. The van der Waals surface area contributed by atoms with Crippen LogP contribution in [0.5, 0.6) is 0 Å². The van der Waals surface area contributed by atoms with Crippen LogP contribution in [0.15, 0.2) is 35.9 Å². The van der Waals surface area contributed by atoms with E-state index < -0.39 is 6.04 Å². The Balaban J connectivity index is 2.10. The Kier molecular flexibility index (Phi) is 8.04. The van der Waals surface area contributed by atoms with E-state index in [9.17, 15) is 9.59 Å². The van der Waals surface area contributed by atoms with E-state index in [2.05, 4.69) is 31.1 Å². The number of hydrogen-bond acceptors (Lipinski definition) is 3. The predicted molar refractivity (Wildman–Crippen MR) is 110 cm³/mol. The normalized spacial score (nSPS) is 17.1. The second kappa shape index (κ2) is 10.3. The van der Waals surface area contributed by atoms with Crippen molar-refractivity contribution in [2.45, 2.75) is 39.7 Å². The minimum atomic E-state index is -0.466. The van der Waals surface area contributed by atoms with Crippen LogP contribution in [0.3, 0.4) is 0 Å². The first kappa shape index (κ1) is 21.2. The van der Waals surface area contributed by atoms with E-state index in [1.165, 1.54) is 0 Å². The molecular weight excluding hydrogens is 338 g/mol. The van der Waals surface area contributed by atoms with Crippen LogP contribution in [0, 0.1) is 5.92 Å². The molecule has 1 saturated heterocycles. The molecule has 1 atom stereocenters. The van der Waals surface area contributed by atoms with Gasteiger partial charge in [-0.25, -0.2) is 0 Å². The highest BCUT2D eigenvalue weighted by Gasteiger charge is 2.29. The molecule has 0 aromatic heterocycles. The number of hydrogen-bond donors (Lipinski definition) is 1. The SMILES string of the molecule is CC/C(=C\c1ccccc1)C(=O)N[C@@H](CC(C)C)C(=O)N1CCN(C)CC1. The number of amides is 2. The first-order chi connectivity index (χ1) is 12.9. The number of carbonyl (C=O) groups excluding carboxylic acids is 2. The van der Waals surface area contributed by atoms with Gasteiger partial charge in [-0.1, -0.05) is 51.1 Å². The molecule has 1 aliphatic rings. The van der Waals surface area contributed by atoms with Crippen molar-refractivity contribution in [3.8, 4) is 0 Å². The molecule has 0 aliphatic carbocycles. The van der Waals surface area contributed by atoms with Gasteiger partial charge < -0.3 is 15.1 Å². The number of nitrogens with zero attached hydrogens (tertiary/aromatic N) is 2. The standard InChI is InChI=1S/C22H33N3O2/c1-5-19(16-18-9-7-6-8-10-18)21(26)23-20(15-17(2)3)22(27)25-13-11-24(4)12-14-25/h6-10,16-17,20H,5,11-15H2,1-4H3,(H,23,26)/b19-16+/t20-/m0/s1. The van der Waals surface area contributed by atoms with E-state index >= 15 is 0 Å². The maximum Gasteiger partial charge on any atom is 0.247 e. The Hall–Kier alpha value is -2.14. The van der Waals surface area contributed by atoms with E-state index in [1.54, 1.807) is 0 Å². The molecule has 0 unspecified atom stereocenters. The molecule has 5 heteroatoms. The van der Waals surface area contributed by atoms with Gasteiger partial charge in [-0.05, 0) is 37.4 Å². The van der Waals surface area contributed by atoms with Crippen molar-refractivity contribution < 1.29 is 9.59 Å². The summed E-state index contributed by atoms with van der Waals surface area (Å²) < 4.78 is 0. The third-order valence-electron chi connectivity index (χ3n) is 4.94. The third kappa shape index (κ3) is 6.51. The number of piperazine rings is 1. The van der Waals surface area contributed by atoms with Gasteiger partial charge in [0.25, 0.3) is 0 Å². The van der Waals surface area contributed by atoms with Gasteiger partial charge in [-0.2, -0.15) is 0 Å². The summed E-state index contributed by atoms with van der Waals surface area (Å²) in [4.78, 5) is 30.0. The predicted octanol–water partition coefficient (Wildman–Crippen LogP) is 2.78. The summed E-state index contributed by atoms with van der Waals surface area (Å²) in [6, 6.07) is 9.35. The number of rotatable bonds is 7. The maximum absolute atomic E-state index is 13.0. The molecule has 148 valence electrons. The smallest absolute Gasteiger partial charge is 0.247 e. The fourth-order valence-electron chi connectivity index (χ4n) is 3.27. The molecule has 0 radical (unpaired) electrons. The van der Waals surface area contributed by atoms with Gasteiger partial charge in [-0.15, -0.1) is 0 Å². The zero-order valence-corrected chi connectivity index (χ0v) is 17.1. The summed E-state index contributed by atoms with van der Waals surface area (Å²) in [5, 5.41) is 3.02. The van der Waals surface area contributed by atoms with Gasteiger partial charge in [0.15, 0.2) is 0 Å². The molecule has 0 saturated carbocycles. The highest BCUT2D eigenvalue weighted by atomic mass is 16.2. The molecule has 1 aliphatic heterocycles. The lowest BCUT2D eigenvalue weighted by atomic mass is 10.0. The molecule has 2 amide bonds. The lowest BCUT2D eigenvalue weighted by molar-refractivity contribution is -0.137. The summed E-state index contributed by atoms with van der Waals surface area (Å²) in [7, 11) is 2.07. The zero-order chi connectivity index (χ0) is 19.8. The van der Waals surface area contributed by atoms with Gasteiger partial charge >= 0.3 is 0 Å². The van der Waals surface area contributed by atoms with E-state index in [0.717, 1.165) is 31.7 Å². The van der Waals surface area contributed by atoms with Crippen LogP contribution in [-0.4, -0.2) is 60.9 Å². The molecular formula is C22H33N3O2. The van der Waals surface area contributed by atoms with Crippen molar-refractivity contribution in [2.75, 3.05) is 33.2 Å². The van der Waals surface area contributed by atoms with Crippen molar-refractivity contribution in [3.05, 3.63) is 41.5 Å². The quantitative estimate of drug-likeness (QED) is 0.750. The van der Waals surface area contributed by atoms with Crippen LogP contribution in [0.25, 0.3) is 6.08 Å². The molecule has 0 spiro atoms. The minimum Gasteiger partial charge on any atom is -0.341 e. The molecule has 0 bridgehead atoms. The Bertz CT molecular complexity index is 647. The van der Waals surface area contributed by atoms with E-state index in [4.69, 9.17) is 0 Å². The number of carbonyl (C=O) groups is 2. The number of nitrogens with one attached hydrogen (secondary N) is 1. The van der Waals surface area contributed by atoms with Gasteiger partial charge in [-0.3, -0.25) is 9.59 Å². The molecule has 27 heavy (non-hydrogen) atoms. The van der Waals surface area contributed by atoms with Crippen LogP contribution in [0.2, 0.25) is 0 Å². The van der Waals surface area contributed by atoms with E-state index in [1.807, 2.05) is 48.2 Å². The molecule has 1 N–H and O–H groups in total. The molecule has 1 aromatic rings. The number of likely N-dealkylation sites (N-methyl/N-ethyl adjacent to an activating group) is 1. The van der Waals surface area contributed by atoms with Gasteiger partial charge in [0.1, 0.15) is 6.04 Å². The zero-order valence-electron chi connectivity index (χ0n) is 17.1. The lowest BCUT2D eigenvalue weighted by Crippen LogP contribution is -2.54. The summed E-state index contributed by atoms with van der Waals surface area (Å²) in [6.07, 6.45) is 3.18. The molecule has 2 rings (SSSR count). The topological polar surface area (TPSA) is 52.7 Å². The first-order valence-electron chi connectivity index (χ1n) is 9.94. The van der Waals surface area contributed by atoms with Crippen molar-refractivity contribution in [1.29, 1.82) is 0 Å². The summed E-state index contributed by atoms with van der Waals surface area (Å²) in [5.41, 5.74) is 1.69. The Morgan fingerprint density at radius 2 is 1.74 bits per heavy atom. The van der Waals surface area contributed by atoms with Gasteiger partial charge in [0, 0.05) is 31.8 Å². The monoisotopic (exact) mass is 371 g/mol. The largest absolute Gasteiger partial charge is 0.341 e. The fraction of sp³-hybridized carbons (Fsp3) is 0.545. The second-order valence-corrected chi connectivity index (χ2v) is 7.72. The van der Waals surface area contributed by atoms with Crippen molar-refractivity contribution in [3.63, 3.8) is 0 Å². The number of benzene rings is 1. The molecule has 1 fully saturated rings. The van der Waals surface area contributed by atoms with Gasteiger partial charge in [0.2, 0.25) is 11.8 Å². The fourth-order valence-corrected chi connectivity index (χ4v) is 3.27. The van der Waals surface area contributed by atoms with Crippen molar-refractivity contribution in [1.82, 2.24) is 15.1 Å². The van der Waals surface area contributed by atoms with Gasteiger partial charge in [0.05, 0.1) is 0 Å². The molecule has 5 nitrogen and oxygen atoms in total. The highest BCUT2D eigenvalue weighted by Crippen LogP contribution is 2.14. The summed E-state index contributed by atoms with van der Waals surface area (Å²) >= 11 is 0. The van der Waals surface area contributed by atoms with Crippen molar-refractivity contribution in [2.24, 2.45) is 5.92 Å². The Morgan fingerprint density at radius 3 is 2.30 bits per heavy atom. The lowest BCUT2D eigenvalue weighted by Gasteiger charge is -2.35. The van der Waals surface area contributed by atoms with Crippen LogP contribution in [0.4, 0.5) is 0 Å². The molecule has 1 heterocycles. The average Bonchev–Trinajstić information content (AvgIpc) is 2.66. The van der Waals surface area contributed by atoms with Crippen LogP contribution >= 0.6 is 0 Å². The third-order valence-corrected chi connectivity index (χ3v) is 4.94. The van der Waals surface area contributed by atoms with E-state index in [-0.39, 0.29) is 11.8 Å². The van der Waals surface area contributed by atoms with Crippen molar-refractivity contribution >= 4 is 17.9 Å². The molecule has 1 aromatic carbocycles. The van der Waals surface area contributed by atoms with E-state index in [0.29, 0.717) is 24.3 Å².